The molecule has 0 spiro atoms. The number of nitrogens with zero attached hydrogens (tertiary/aromatic N) is 6. The zero-order valence-electron chi connectivity index (χ0n) is 23.3. The number of nitriles is 1. The van der Waals surface area contributed by atoms with Gasteiger partial charge in [0.05, 0.1) is 17.8 Å². The molecule has 14 heteroatoms. The summed E-state index contributed by atoms with van der Waals surface area (Å²) >= 11 is 3.14. The molecule has 3 N–H and O–H groups in total. The molecular formula is C30H27BrF3N9O. The number of tetrazole rings is 1. The lowest BCUT2D eigenvalue weighted by atomic mass is 9.84. The number of amides is 1. The van der Waals surface area contributed by atoms with Gasteiger partial charge in [-0.2, -0.15) is 23.6 Å². The van der Waals surface area contributed by atoms with Crippen LogP contribution in [-0.2, 0) is 12.7 Å². The molecule has 0 aliphatic heterocycles. The molecule has 1 saturated carbocycles. The fraction of sp³-hybridized carbons (Fsp3) is 0.267. The molecule has 1 aliphatic carbocycles. The first-order valence-electron chi connectivity index (χ1n) is 13.8. The topological polar surface area (TPSA) is 135 Å². The molecule has 44 heavy (non-hydrogen) atoms. The predicted molar refractivity (Wildman–Crippen MR) is 162 cm³/mol. The number of aliphatic imine (C=N–C) groups is 1. The minimum atomic E-state index is -4.58. The van der Waals surface area contributed by atoms with E-state index >= 15 is 0 Å². The second-order valence-electron chi connectivity index (χ2n) is 10.3. The van der Waals surface area contributed by atoms with E-state index < -0.39 is 17.6 Å². The van der Waals surface area contributed by atoms with Crippen LogP contribution < -0.4 is 15.5 Å². The SMILES string of the molecule is N#CNC(=Nc1cc(Br)cc(C(F)(F)F)c1)N(Cc1ccc(C(=O)Nc2nn[nH]n2)cc1)c1ccc(C2CCCCC2)cc1. The number of H-pyrrole nitrogens is 1. The quantitative estimate of drug-likeness (QED) is 0.0833. The number of carbonyl (C=O) groups is 1. The summed E-state index contributed by atoms with van der Waals surface area (Å²) in [5.74, 6) is 0.108. The number of halogens is 4. The Morgan fingerprint density at radius 2 is 1.80 bits per heavy atom. The number of carbonyl (C=O) groups excluding carboxylic acids is 1. The summed E-state index contributed by atoms with van der Waals surface area (Å²) in [6.45, 7) is 0.184. The third kappa shape index (κ3) is 7.78. The predicted octanol–water partition coefficient (Wildman–Crippen LogP) is 7.05. The van der Waals surface area contributed by atoms with Gasteiger partial charge in [-0.3, -0.25) is 15.4 Å². The Balaban J connectivity index is 1.48. The summed E-state index contributed by atoms with van der Waals surface area (Å²) < 4.78 is 40.8. The molecule has 1 aliphatic rings. The van der Waals surface area contributed by atoms with E-state index in [0.717, 1.165) is 30.5 Å². The summed E-state index contributed by atoms with van der Waals surface area (Å²) in [5.41, 5.74) is 2.12. The van der Waals surface area contributed by atoms with Crippen LogP contribution in [0.1, 0.15) is 65.1 Å². The van der Waals surface area contributed by atoms with E-state index in [1.807, 2.05) is 18.3 Å². The van der Waals surface area contributed by atoms with E-state index in [4.69, 9.17) is 0 Å². The van der Waals surface area contributed by atoms with Gasteiger partial charge in [0.25, 0.3) is 11.9 Å². The molecule has 0 saturated heterocycles. The molecule has 1 fully saturated rings. The van der Waals surface area contributed by atoms with Gasteiger partial charge in [0.1, 0.15) is 0 Å². The summed E-state index contributed by atoms with van der Waals surface area (Å²) in [4.78, 5) is 18.7. The van der Waals surface area contributed by atoms with Gasteiger partial charge >= 0.3 is 6.18 Å². The highest BCUT2D eigenvalue weighted by Crippen LogP contribution is 2.35. The van der Waals surface area contributed by atoms with E-state index in [1.165, 1.54) is 30.9 Å². The lowest BCUT2D eigenvalue weighted by Crippen LogP contribution is -2.39. The number of alkyl halides is 3. The van der Waals surface area contributed by atoms with Crippen LogP contribution in [0.5, 0.6) is 0 Å². The molecule has 1 heterocycles. The third-order valence-electron chi connectivity index (χ3n) is 7.28. The van der Waals surface area contributed by atoms with E-state index in [0.29, 0.717) is 17.2 Å². The third-order valence-corrected chi connectivity index (χ3v) is 7.73. The smallest absolute Gasteiger partial charge is 0.307 e. The van der Waals surface area contributed by atoms with Crippen molar-refractivity contribution in [3.63, 3.8) is 0 Å². The van der Waals surface area contributed by atoms with Gasteiger partial charge < -0.3 is 4.90 Å². The van der Waals surface area contributed by atoms with Crippen LogP contribution in [0.4, 0.5) is 30.5 Å². The standard InChI is InChI=1S/C30H27BrF3N9O/c31-24-14-23(30(32,33)34)15-25(16-24)37-29(36-18-35)43(26-12-10-21(11-13-26)20-4-2-1-3-5-20)17-19-6-8-22(9-7-19)27(44)38-28-39-41-42-40-28/h6-16,20H,1-5,17H2,(H,36,37)(H2,38,39,40,41,42,44). The zero-order chi connectivity index (χ0) is 31.1. The molecule has 5 rings (SSSR count). The van der Waals surface area contributed by atoms with Crippen molar-refractivity contribution in [2.75, 3.05) is 10.2 Å². The molecule has 3 aromatic carbocycles. The largest absolute Gasteiger partial charge is 0.416 e. The minimum absolute atomic E-state index is 0.00163. The van der Waals surface area contributed by atoms with Crippen molar-refractivity contribution in [1.82, 2.24) is 25.9 Å². The van der Waals surface area contributed by atoms with E-state index in [2.05, 4.69) is 64.3 Å². The Labute approximate surface area is 259 Å². The van der Waals surface area contributed by atoms with Gasteiger partial charge in [-0.25, -0.2) is 4.99 Å². The highest BCUT2D eigenvalue weighted by atomic mass is 79.9. The second kappa shape index (κ2) is 13.7. The average molecular weight is 667 g/mol. The van der Waals surface area contributed by atoms with Crippen molar-refractivity contribution in [3.8, 4) is 6.19 Å². The van der Waals surface area contributed by atoms with Crippen LogP contribution in [0, 0.1) is 11.5 Å². The van der Waals surface area contributed by atoms with Crippen molar-refractivity contribution in [1.29, 1.82) is 5.26 Å². The van der Waals surface area contributed by atoms with E-state index in [1.54, 1.807) is 29.2 Å². The first-order chi connectivity index (χ1) is 21.2. The normalized spacial score (nSPS) is 14.1. The number of benzene rings is 3. The van der Waals surface area contributed by atoms with Crippen LogP contribution in [0.25, 0.3) is 0 Å². The molecule has 10 nitrogen and oxygen atoms in total. The summed E-state index contributed by atoms with van der Waals surface area (Å²) in [6, 6.07) is 18.0. The molecule has 0 atom stereocenters. The summed E-state index contributed by atoms with van der Waals surface area (Å²) in [6.07, 6.45) is 3.16. The summed E-state index contributed by atoms with van der Waals surface area (Å²) in [5, 5.41) is 27.8. The Kier molecular flexibility index (Phi) is 9.54. The van der Waals surface area contributed by atoms with E-state index in [-0.39, 0.29) is 28.6 Å². The van der Waals surface area contributed by atoms with Gasteiger partial charge in [-0.05, 0) is 77.6 Å². The van der Waals surface area contributed by atoms with Crippen LogP contribution in [0.15, 0.2) is 76.2 Å². The van der Waals surface area contributed by atoms with Crippen LogP contribution in [0.2, 0.25) is 0 Å². The number of anilines is 2. The highest BCUT2D eigenvalue weighted by molar-refractivity contribution is 9.10. The van der Waals surface area contributed by atoms with Crippen molar-refractivity contribution < 1.29 is 18.0 Å². The van der Waals surface area contributed by atoms with Crippen molar-refractivity contribution >= 4 is 45.1 Å². The fourth-order valence-corrected chi connectivity index (χ4v) is 5.59. The number of hydrogen-bond acceptors (Lipinski definition) is 6. The Bertz CT molecular complexity index is 1650. The molecule has 0 unspecified atom stereocenters. The number of aromatic amines is 1. The first kappa shape index (κ1) is 30.7. The van der Waals surface area contributed by atoms with Gasteiger partial charge in [0.2, 0.25) is 5.96 Å². The molecule has 4 aromatic rings. The van der Waals surface area contributed by atoms with Gasteiger partial charge in [0.15, 0.2) is 6.19 Å². The Morgan fingerprint density at radius 3 is 2.43 bits per heavy atom. The zero-order valence-corrected chi connectivity index (χ0v) is 24.9. The van der Waals surface area contributed by atoms with Crippen molar-refractivity contribution in [2.45, 2.75) is 50.7 Å². The Morgan fingerprint density at radius 1 is 1.07 bits per heavy atom. The van der Waals surface area contributed by atoms with Crippen LogP contribution in [0.3, 0.4) is 0 Å². The molecule has 0 bridgehead atoms. The number of guanidine groups is 1. The molecular weight excluding hydrogens is 639 g/mol. The molecule has 0 radical (unpaired) electrons. The summed E-state index contributed by atoms with van der Waals surface area (Å²) in [7, 11) is 0. The lowest BCUT2D eigenvalue weighted by Gasteiger charge is -2.27. The van der Waals surface area contributed by atoms with Crippen LogP contribution >= 0.6 is 15.9 Å². The molecule has 1 amide bonds. The maximum Gasteiger partial charge on any atom is 0.416 e. The van der Waals surface area contributed by atoms with Crippen LogP contribution in [-0.4, -0.2) is 32.5 Å². The minimum Gasteiger partial charge on any atom is -0.307 e. The molecule has 226 valence electrons. The van der Waals surface area contributed by atoms with Crippen molar-refractivity contribution in [2.24, 2.45) is 4.99 Å². The monoisotopic (exact) mass is 665 g/mol. The number of aromatic nitrogens is 4. The van der Waals surface area contributed by atoms with Gasteiger partial charge in [-0.15, -0.1) is 5.10 Å². The van der Waals surface area contributed by atoms with Gasteiger partial charge in [-0.1, -0.05) is 64.6 Å². The van der Waals surface area contributed by atoms with Crippen molar-refractivity contribution in [3.05, 3.63) is 93.5 Å². The maximum atomic E-state index is 13.5. The maximum absolute atomic E-state index is 13.5. The van der Waals surface area contributed by atoms with E-state index in [9.17, 15) is 23.2 Å². The molecule has 1 aromatic heterocycles. The van der Waals surface area contributed by atoms with Gasteiger partial charge in [0, 0.05) is 15.7 Å². The highest BCUT2D eigenvalue weighted by Gasteiger charge is 2.31. The first-order valence-corrected chi connectivity index (χ1v) is 14.6. The lowest BCUT2D eigenvalue weighted by molar-refractivity contribution is -0.137. The number of nitrogens with one attached hydrogen (secondary N) is 3. The number of rotatable bonds is 7. The second-order valence-corrected chi connectivity index (χ2v) is 11.2. The fourth-order valence-electron chi connectivity index (χ4n) is 5.11. The number of hydrogen-bond donors (Lipinski definition) is 3. The average Bonchev–Trinajstić information content (AvgIpc) is 3.53. The Hall–Kier alpha value is -4.77.